The number of carbonyl (C=O) groups is 2. The molecule has 0 bridgehead atoms. The molecule has 4 atom stereocenters. The first-order valence-electron chi connectivity index (χ1n) is 14.3. The Kier molecular flexibility index (Phi) is 19.7. The average molecular weight is 564 g/mol. The van der Waals surface area contributed by atoms with Crippen LogP contribution < -0.4 is 5.73 Å². The van der Waals surface area contributed by atoms with E-state index in [-0.39, 0.29) is 12.6 Å². The number of allylic oxidation sites excluding steroid dienone is 2. The van der Waals surface area contributed by atoms with Crippen LogP contribution in [0.25, 0.3) is 0 Å². The number of esters is 1. The number of hydrogen-bond acceptors (Lipinski definition) is 8. The first-order chi connectivity index (χ1) is 18.2. The summed E-state index contributed by atoms with van der Waals surface area (Å²) in [5.74, 6) is -1.70. The fourth-order valence-electron chi connectivity index (χ4n) is 4.12. The number of rotatable bonds is 23. The van der Waals surface area contributed by atoms with Gasteiger partial charge in [0.05, 0.1) is 12.7 Å². The summed E-state index contributed by atoms with van der Waals surface area (Å²) in [6.45, 7) is 1.89. The Morgan fingerprint density at radius 1 is 1.03 bits per heavy atom. The van der Waals surface area contributed by atoms with Crippen LogP contribution in [0.1, 0.15) is 110 Å². The van der Waals surface area contributed by atoms with E-state index >= 15 is 0 Å². The van der Waals surface area contributed by atoms with Gasteiger partial charge in [-0.15, -0.1) is 0 Å². The highest BCUT2D eigenvalue weighted by Crippen LogP contribution is 2.46. The third kappa shape index (κ3) is 18.1. The monoisotopic (exact) mass is 563 g/mol. The highest BCUT2D eigenvalue weighted by atomic mass is 31.2. The van der Waals surface area contributed by atoms with Crippen molar-refractivity contribution in [1.29, 1.82) is 0 Å². The van der Waals surface area contributed by atoms with Crippen LogP contribution >= 0.6 is 7.82 Å². The fraction of sp³-hybridized carbons (Fsp3) is 0.852. The van der Waals surface area contributed by atoms with Crippen LogP contribution in [0.5, 0.6) is 0 Å². The SMILES string of the molecule is CCCCCCCC/C=C\CCCCCCCC(=O)OC[C@@H]1OCCC[C@H]1OP(=O)(O)OC[C@@H](N)C(=O)O. The number of ether oxygens (including phenoxy) is 2. The van der Waals surface area contributed by atoms with Gasteiger partial charge in [0, 0.05) is 13.0 Å². The van der Waals surface area contributed by atoms with Crippen molar-refractivity contribution in [2.24, 2.45) is 5.73 Å². The summed E-state index contributed by atoms with van der Waals surface area (Å²) < 4.78 is 32.9. The van der Waals surface area contributed by atoms with Gasteiger partial charge in [0.2, 0.25) is 0 Å². The van der Waals surface area contributed by atoms with Crippen molar-refractivity contribution in [3.8, 4) is 0 Å². The Labute approximate surface area is 228 Å². The molecule has 0 aromatic rings. The van der Waals surface area contributed by atoms with Gasteiger partial charge in [0.25, 0.3) is 0 Å². The predicted molar refractivity (Wildman–Crippen MR) is 146 cm³/mol. The normalized spacial score (nSPS) is 20.3. The van der Waals surface area contributed by atoms with Crippen LogP contribution in [0, 0.1) is 0 Å². The molecule has 0 spiro atoms. The van der Waals surface area contributed by atoms with Crippen LogP contribution in [0.3, 0.4) is 0 Å². The Balaban J connectivity index is 2.11. The fourth-order valence-corrected chi connectivity index (χ4v) is 5.12. The van der Waals surface area contributed by atoms with E-state index < -0.39 is 38.6 Å². The van der Waals surface area contributed by atoms with Crippen molar-refractivity contribution in [1.82, 2.24) is 0 Å². The van der Waals surface area contributed by atoms with E-state index in [0.717, 1.165) is 32.1 Å². The lowest BCUT2D eigenvalue weighted by Gasteiger charge is -2.32. The average Bonchev–Trinajstić information content (AvgIpc) is 2.88. The van der Waals surface area contributed by atoms with Gasteiger partial charge >= 0.3 is 19.8 Å². The van der Waals surface area contributed by atoms with E-state index in [1.807, 2.05) is 0 Å². The summed E-state index contributed by atoms with van der Waals surface area (Å²) in [5, 5.41) is 8.76. The zero-order chi connectivity index (χ0) is 28.1. The van der Waals surface area contributed by atoms with Crippen molar-refractivity contribution in [3.63, 3.8) is 0 Å². The van der Waals surface area contributed by atoms with E-state index in [0.29, 0.717) is 25.9 Å². The van der Waals surface area contributed by atoms with Gasteiger partial charge < -0.3 is 25.2 Å². The summed E-state index contributed by atoms with van der Waals surface area (Å²) in [7, 11) is -4.55. The zero-order valence-corrected chi connectivity index (χ0v) is 24.0. The minimum Gasteiger partial charge on any atom is -0.480 e. The smallest absolute Gasteiger partial charge is 0.472 e. The van der Waals surface area contributed by atoms with E-state index in [2.05, 4.69) is 23.6 Å². The van der Waals surface area contributed by atoms with Crippen molar-refractivity contribution in [3.05, 3.63) is 12.2 Å². The number of unbranched alkanes of at least 4 members (excludes halogenated alkanes) is 11. The van der Waals surface area contributed by atoms with Crippen LogP contribution in [0.15, 0.2) is 12.2 Å². The summed E-state index contributed by atoms with van der Waals surface area (Å²) in [6, 6.07) is -1.45. The number of aliphatic carboxylic acids is 1. The van der Waals surface area contributed by atoms with E-state index in [4.69, 9.17) is 24.8 Å². The summed E-state index contributed by atoms with van der Waals surface area (Å²) in [4.78, 5) is 32.8. The Morgan fingerprint density at radius 3 is 2.26 bits per heavy atom. The molecule has 1 rings (SSSR count). The van der Waals surface area contributed by atoms with Crippen molar-refractivity contribution in [2.45, 2.75) is 128 Å². The number of phosphoric ester groups is 1. The molecule has 1 unspecified atom stereocenters. The van der Waals surface area contributed by atoms with E-state index in [9.17, 15) is 19.0 Å². The molecule has 222 valence electrons. The van der Waals surface area contributed by atoms with Crippen molar-refractivity contribution in [2.75, 3.05) is 19.8 Å². The minimum absolute atomic E-state index is 0.0940. The maximum Gasteiger partial charge on any atom is 0.472 e. The van der Waals surface area contributed by atoms with Crippen molar-refractivity contribution >= 4 is 19.8 Å². The third-order valence-corrected chi connectivity index (χ3v) is 7.45. The molecule has 1 fully saturated rings. The van der Waals surface area contributed by atoms with Gasteiger partial charge in [0.15, 0.2) is 0 Å². The second-order valence-corrected chi connectivity index (χ2v) is 11.3. The molecule has 4 N–H and O–H groups in total. The summed E-state index contributed by atoms with van der Waals surface area (Å²) in [6.07, 6.45) is 19.8. The molecule has 0 radical (unpaired) electrons. The molecule has 1 heterocycles. The molecule has 0 amide bonds. The second kappa shape index (κ2) is 21.5. The van der Waals surface area contributed by atoms with Gasteiger partial charge in [0.1, 0.15) is 18.8 Å². The number of nitrogens with two attached hydrogens (primary N) is 1. The summed E-state index contributed by atoms with van der Waals surface area (Å²) >= 11 is 0. The Hall–Kier alpha value is -1.29. The molecule has 1 aliphatic rings. The lowest BCUT2D eigenvalue weighted by Crippen LogP contribution is -2.40. The minimum atomic E-state index is -4.55. The zero-order valence-electron chi connectivity index (χ0n) is 23.1. The van der Waals surface area contributed by atoms with Gasteiger partial charge in [-0.2, -0.15) is 0 Å². The molecule has 0 aliphatic carbocycles. The highest BCUT2D eigenvalue weighted by molar-refractivity contribution is 7.47. The molecule has 0 aromatic carbocycles. The topological polar surface area (TPSA) is 155 Å². The van der Waals surface area contributed by atoms with E-state index in [1.165, 1.54) is 51.4 Å². The van der Waals surface area contributed by atoms with Crippen LogP contribution in [0.4, 0.5) is 0 Å². The Bertz CT molecular complexity index is 719. The first kappa shape index (κ1) is 34.7. The molecular formula is C27H50NO9P. The second-order valence-electron chi connectivity index (χ2n) is 9.92. The Morgan fingerprint density at radius 2 is 1.63 bits per heavy atom. The number of hydrogen-bond donors (Lipinski definition) is 3. The highest BCUT2D eigenvalue weighted by Gasteiger charge is 2.36. The lowest BCUT2D eigenvalue weighted by atomic mass is 10.1. The standard InChI is InChI=1S/C27H50NO9P/c1-2-3-4-5-6-7-8-9-10-11-12-13-14-15-16-19-26(29)35-22-25-24(18-17-20-34-25)37-38(32,33)36-21-23(28)27(30)31/h9-10,23-25H,2-8,11-22,28H2,1H3,(H,30,31)(H,32,33)/b10-9-/t23-,24-,25+/m1/s1. The van der Waals surface area contributed by atoms with Gasteiger partial charge in [-0.05, 0) is 44.9 Å². The molecule has 38 heavy (non-hydrogen) atoms. The van der Waals surface area contributed by atoms with Gasteiger partial charge in [-0.1, -0.05) is 70.4 Å². The maximum absolute atomic E-state index is 12.2. The molecule has 1 aliphatic heterocycles. The van der Waals surface area contributed by atoms with Crippen LogP contribution in [-0.2, 0) is 32.7 Å². The number of phosphoric acid groups is 1. The number of carbonyl (C=O) groups excluding carboxylic acids is 1. The molecule has 0 saturated carbocycles. The van der Waals surface area contributed by atoms with Gasteiger partial charge in [-0.3, -0.25) is 18.6 Å². The van der Waals surface area contributed by atoms with E-state index in [1.54, 1.807) is 0 Å². The quantitative estimate of drug-likeness (QED) is 0.0614. The predicted octanol–water partition coefficient (Wildman–Crippen LogP) is 5.66. The lowest BCUT2D eigenvalue weighted by molar-refractivity contribution is -0.154. The first-order valence-corrected chi connectivity index (χ1v) is 15.8. The maximum atomic E-state index is 12.2. The van der Waals surface area contributed by atoms with Crippen molar-refractivity contribution < 1.29 is 42.7 Å². The molecular weight excluding hydrogens is 513 g/mol. The number of carboxylic acids is 1. The molecule has 11 heteroatoms. The molecule has 0 aromatic heterocycles. The molecule has 1 saturated heterocycles. The third-order valence-electron chi connectivity index (χ3n) is 6.43. The largest absolute Gasteiger partial charge is 0.480 e. The number of carboxylic acid groups (broad SMARTS) is 1. The van der Waals surface area contributed by atoms with Crippen LogP contribution in [-0.4, -0.2) is 60.0 Å². The van der Waals surface area contributed by atoms with Gasteiger partial charge in [-0.25, -0.2) is 4.57 Å². The molecule has 10 nitrogen and oxygen atoms in total. The summed E-state index contributed by atoms with van der Waals surface area (Å²) in [5.41, 5.74) is 5.28. The van der Waals surface area contributed by atoms with Crippen LogP contribution in [0.2, 0.25) is 0 Å².